The molecule has 5 rings (SSSR count). The Morgan fingerprint density at radius 3 is 2.64 bits per heavy atom. The summed E-state index contributed by atoms with van der Waals surface area (Å²) in [6.07, 6.45) is 1.54. The van der Waals surface area contributed by atoms with Crippen LogP contribution < -0.4 is 11.1 Å². The van der Waals surface area contributed by atoms with Crippen molar-refractivity contribution in [2.24, 2.45) is 0 Å². The van der Waals surface area contributed by atoms with Gasteiger partial charge in [-0.25, -0.2) is 8.78 Å². The molecule has 0 bridgehead atoms. The van der Waals surface area contributed by atoms with E-state index in [1.165, 1.54) is 12.3 Å². The first-order valence-corrected chi connectivity index (χ1v) is 11.0. The predicted octanol–water partition coefficient (Wildman–Crippen LogP) is 5.93. The van der Waals surface area contributed by atoms with Gasteiger partial charge in [0.1, 0.15) is 11.6 Å². The average Bonchev–Trinajstić information content (AvgIpc) is 3.46. The number of hydrogen-bond donors (Lipinski definition) is 2. The zero-order valence-corrected chi connectivity index (χ0v) is 18.1. The van der Waals surface area contributed by atoms with Gasteiger partial charge < -0.3 is 11.1 Å². The number of benzene rings is 3. The number of halogens is 2. The van der Waals surface area contributed by atoms with Gasteiger partial charge in [-0.1, -0.05) is 24.3 Å². The molecule has 2 aromatic heterocycles. The average molecular weight is 461 g/mol. The number of hydrogen-bond acceptors (Lipinski definition) is 4. The van der Waals surface area contributed by atoms with Crippen molar-refractivity contribution in [3.63, 3.8) is 0 Å². The summed E-state index contributed by atoms with van der Waals surface area (Å²) in [5.41, 5.74) is 9.66. The molecule has 2 heterocycles. The fourth-order valence-corrected chi connectivity index (χ4v) is 4.31. The van der Waals surface area contributed by atoms with E-state index in [0.717, 1.165) is 22.1 Å². The van der Waals surface area contributed by atoms with Crippen LogP contribution in [0.5, 0.6) is 0 Å². The Hall–Kier alpha value is -4.04. The van der Waals surface area contributed by atoms with Crippen LogP contribution in [0.25, 0.3) is 21.3 Å². The highest BCUT2D eigenvalue weighted by molar-refractivity contribution is 7.13. The van der Waals surface area contributed by atoms with Crippen molar-refractivity contribution in [3.05, 3.63) is 101 Å². The second-order valence-corrected chi connectivity index (χ2v) is 8.53. The number of nitrogen functional groups attached to an aromatic ring is 1. The Bertz CT molecular complexity index is 1460. The Morgan fingerprint density at radius 2 is 1.88 bits per heavy atom. The number of nitrogens with two attached hydrogens (primary N) is 1. The van der Waals surface area contributed by atoms with Crippen molar-refractivity contribution in [1.82, 2.24) is 9.78 Å². The summed E-state index contributed by atoms with van der Waals surface area (Å²) in [5.74, 6) is -1.59. The molecule has 0 aliphatic carbocycles. The molecule has 0 saturated carbocycles. The van der Waals surface area contributed by atoms with E-state index in [0.29, 0.717) is 23.5 Å². The topological polar surface area (TPSA) is 72.9 Å². The molecule has 5 nitrogen and oxygen atoms in total. The Balaban J connectivity index is 1.31. The van der Waals surface area contributed by atoms with Crippen LogP contribution in [-0.4, -0.2) is 15.7 Å². The fraction of sp³-hybridized carbons (Fsp3) is 0.0400. The number of carbonyl (C=O) groups excluding carboxylic acids is 1. The molecule has 33 heavy (non-hydrogen) atoms. The summed E-state index contributed by atoms with van der Waals surface area (Å²) in [5, 5.41) is 9.35. The lowest BCUT2D eigenvalue weighted by Gasteiger charge is -2.10. The Morgan fingerprint density at radius 1 is 1.06 bits per heavy atom. The zero-order chi connectivity index (χ0) is 22.9. The van der Waals surface area contributed by atoms with Crippen LogP contribution >= 0.6 is 11.3 Å². The van der Waals surface area contributed by atoms with E-state index in [2.05, 4.69) is 10.4 Å². The molecule has 0 aliphatic rings. The molecule has 0 spiro atoms. The van der Waals surface area contributed by atoms with Crippen molar-refractivity contribution in [2.75, 3.05) is 11.1 Å². The van der Waals surface area contributed by atoms with Crippen molar-refractivity contribution in [1.29, 1.82) is 0 Å². The van der Waals surface area contributed by atoms with E-state index >= 15 is 0 Å². The molecule has 0 saturated heterocycles. The minimum absolute atomic E-state index is 0.255. The quantitative estimate of drug-likeness (QED) is 0.320. The van der Waals surface area contributed by atoms with Gasteiger partial charge in [0, 0.05) is 28.8 Å². The summed E-state index contributed by atoms with van der Waals surface area (Å²) in [4.78, 5) is 13.8. The molecule has 0 unspecified atom stereocenters. The molecule has 164 valence electrons. The largest absolute Gasteiger partial charge is 0.397 e. The van der Waals surface area contributed by atoms with Crippen LogP contribution in [0.15, 0.2) is 78.3 Å². The molecule has 0 aliphatic heterocycles. The van der Waals surface area contributed by atoms with Crippen LogP contribution in [-0.2, 0) is 6.54 Å². The van der Waals surface area contributed by atoms with Gasteiger partial charge in [-0.05, 0) is 46.8 Å². The van der Waals surface area contributed by atoms with E-state index in [9.17, 15) is 13.6 Å². The SMILES string of the molecule is Nc1ccc(-c2cccs2)cc1NC(=O)c1ccc(Cn2cc3c(F)cc(F)cc3n2)cc1. The molecular weight excluding hydrogens is 442 g/mol. The molecule has 8 heteroatoms. The van der Waals surface area contributed by atoms with E-state index in [4.69, 9.17) is 5.73 Å². The molecule has 0 atom stereocenters. The number of aromatic nitrogens is 2. The number of nitrogens with zero attached hydrogens (tertiary/aromatic N) is 2. The van der Waals surface area contributed by atoms with Gasteiger partial charge in [0.15, 0.2) is 0 Å². The Kier molecular flexibility index (Phi) is 5.35. The van der Waals surface area contributed by atoms with Gasteiger partial charge in [-0.15, -0.1) is 11.3 Å². The van der Waals surface area contributed by atoms with Crippen molar-refractivity contribution in [3.8, 4) is 10.4 Å². The molecule has 0 fully saturated rings. The number of rotatable bonds is 5. The second-order valence-electron chi connectivity index (χ2n) is 7.58. The molecule has 0 radical (unpaired) electrons. The number of anilines is 2. The van der Waals surface area contributed by atoms with E-state index < -0.39 is 11.6 Å². The molecular formula is C25H18F2N4OS. The third kappa shape index (κ3) is 4.33. The first-order valence-electron chi connectivity index (χ1n) is 10.1. The van der Waals surface area contributed by atoms with Crippen molar-refractivity contribution < 1.29 is 13.6 Å². The normalized spacial score (nSPS) is 11.1. The van der Waals surface area contributed by atoms with Crippen LogP contribution in [0, 0.1) is 11.6 Å². The Labute approximate surface area is 192 Å². The van der Waals surface area contributed by atoms with Crippen LogP contribution in [0.3, 0.4) is 0 Å². The highest BCUT2D eigenvalue weighted by Gasteiger charge is 2.12. The van der Waals surface area contributed by atoms with E-state index in [1.807, 2.05) is 29.6 Å². The van der Waals surface area contributed by atoms with Crippen LogP contribution in [0.1, 0.15) is 15.9 Å². The minimum atomic E-state index is -0.665. The van der Waals surface area contributed by atoms with Crippen LogP contribution in [0.4, 0.5) is 20.2 Å². The second kappa shape index (κ2) is 8.48. The molecule has 3 aromatic carbocycles. The lowest BCUT2D eigenvalue weighted by molar-refractivity contribution is 0.102. The van der Waals surface area contributed by atoms with Gasteiger partial charge in [-0.2, -0.15) is 5.10 Å². The van der Waals surface area contributed by atoms with Gasteiger partial charge in [0.25, 0.3) is 5.91 Å². The van der Waals surface area contributed by atoms with Gasteiger partial charge in [-0.3, -0.25) is 9.48 Å². The third-order valence-electron chi connectivity index (χ3n) is 5.25. The maximum atomic E-state index is 13.9. The number of nitrogens with one attached hydrogen (secondary N) is 1. The summed E-state index contributed by atoms with van der Waals surface area (Å²) in [6, 6.07) is 18.6. The number of carbonyl (C=O) groups is 1. The monoisotopic (exact) mass is 460 g/mol. The third-order valence-corrected chi connectivity index (χ3v) is 6.17. The van der Waals surface area contributed by atoms with Crippen LogP contribution in [0.2, 0.25) is 0 Å². The van der Waals surface area contributed by atoms with Gasteiger partial charge >= 0.3 is 0 Å². The van der Waals surface area contributed by atoms with Gasteiger partial charge in [0.2, 0.25) is 0 Å². The maximum Gasteiger partial charge on any atom is 0.255 e. The van der Waals surface area contributed by atoms with E-state index in [-0.39, 0.29) is 16.8 Å². The lowest BCUT2D eigenvalue weighted by Crippen LogP contribution is -2.13. The van der Waals surface area contributed by atoms with Crippen molar-refractivity contribution in [2.45, 2.75) is 6.54 Å². The number of thiophene rings is 1. The lowest BCUT2D eigenvalue weighted by atomic mass is 10.1. The summed E-state index contributed by atoms with van der Waals surface area (Å²) in [7, 11) is 0. The zero-order valence-electron chi connectivity index (χ0n) is 17.3. The van der Waals surface area contributed by atoms with Gasteiger partial charge in [0.05, 0.1) is 28.8 Å². The molecule has 3 N–H and O–H groups in total. The summed E-state index contributed by atoms with van der Waals surface area (Å²) in [6.45, 7) is 0.355. The summed E-state index contributed by atoms with van der Waals surface area (Å²) >= 11 is 1.61. The van der Waals surface area contributed by atoms with E-state index in [1.54, 1.807) is 46.4 Å². The maximum absolute atomic E-state index is 13.9. The molecule has 5 aromatic rings. The minimum Gasteiger partial charge on any atom is -0.397 e. The highest BCUT2D eigenvalue weighted by atomic mass is 32.1. The smallest absolute Gasteiger partial charge is 0.255 e. The fourth-order valence-electron chi connectivity index (χ4n) is 3.58. The van der Waals surface area contributed by atoms with Crippen molar-refractivity contribution >= 4 is 39.5 Å². The molecule has 1 amide bonds. The number of fused-ring (bicyclic) bond motifs is 1. The summed E-state index contributed by atoms with van der Waals surface area (Å²) < 4.78 is 28.8. The first-order chi connectivity index (χ1) is 16.0. The number of amides is 1. The highest BCUT2D eigenvalue weighted by Crippen LogP contribution is 2.30. The standard InChI is InChI=1S/C25H18F2N4OS/c26-18-11-20(27)19-14-31(30-22(19)12-18)13-15-3-5-16(6-4-15)25(32)29-23-10-17(7-8-21(23)28)24-2-1-9-33-24/h1-12,14H,13,28H2,(H,29,32). The predicted molar refractivity (Wildman–Crippen MR) is 127 cm³/mol. The first kappa shape index (κ1) is 20.8.